The Hall–Kier alpha value is -0.410. The molecule has 0 aromatic carbocycles. The van der Waals surface area contributed by atoms with Gasteiger partial charge in [-0.3, -0.25) is 9.69 Å². The van der Waals surface area contributed by atoms with Crippen LogP contribution >= 0.6 is 0 Å². The summed E-state index contributed by atoms with van der Waals surface area (Å²) in [5.74, 6) is 0.0382. The number of aliphatic hydroxyl groups is 1. The van der Waals surface area contributed by atoms with E-state index >= 15 is 0 Å². The topological polar surface area (TPSA) is 40.5 Å². The van der Waals surface area contributed by atoms with Gasteiger partial charge in [-0.15, -0.1) is 0 Å². The van der Waals surface area contributed by atoms with Crippen LogP contribution in [-0.2, 0) is 4.79 Å². The number of hydrogen-bond donors (Lipinski definition) is 1. The van der Waals surface area contributed by atoms with Gasteiger partial charge in [-0.25, -0.2) is 0 Å². The molecule has 0 aromatic rings. The molecule has 2 fully saturated rings. The molecular weight excluding hydrogens is 178 g/mol. The van der Waals surface area contributed by atoms with Crippen molar-refractivity contribution in [3.8, 4) is 0 Å². The molecule has 0 saturated carbocycles. The second kappa shape index (κ2) is 3.99. The summed E-state index contributed by atoms with van der Waals surface area (Å²) in [6.45, 7) is 3.79. The van der Waals surface area contributed by atoms with Gasteiger partial charge in [0.25, 0.3) is 0 Å². The zero-order valence-electron chi connectivity index (χ0n) is 8.78. The Bertz CT molecular complexity index is 229. The van der Waals surface area contributed by atoms with E-state index in [0.29, 0.717) is 6.04 Å². The van der Waals surface area contributed by atoms with E-state index < -0.39 is 6.10 Å². The fourth-order valence-electron chi connectivity index (χ4n) is 3.02. The SMILES string of the molecule is CC(=O)[C@@H]1[C@@H](O)CCCN2CCC[C@@H]12. The monoisotopic (exact) mass is 197 g/mol. The summed E-state index contributed by atoms with van der Waals surface area (Å²) in [4.78, 5) is 13.9. The first-order valence-electron chi connectivity index (χ1n) is 5.62. The number of carbonyl (C=O) groups is 1. The summed E-state index contributed by atoms with van der Waals surface area (Å²) in [6, 6.07) is 0.324. The molecule has 2 aliphatic rings. The number of nitrogens with zero attached hydrogens (tertiary/aromatic N) is 1. The Morgan fingerprint density at radius 3 is 2.57 bits per heavy atom. The quantitative estimate of drug-likeness (QED) is 0.676. The molecule has 0 amide bonds. The van der Waals surface area contributed by atoms with Gasteiger partial charge in [0.1, 0.15) is 5.78 Å². The van der Waals surface area contributed by atoms with Gasteiger partial charge in [-0.1, -0.05) is 0 Å². The van der Waals surface area contributed by atoms with Gasteiger partial charge in [0.2, 0.25) is 0 Å². The van der Waals surface area contributed by atoms with Gasteiger partial charge >= 0.3 is 0 Å². The van der Waals surface area contributed by atoms with Crippen LogP contribution in [0, 0.1) is 5.92 Å². The van der Waals surface area contributed by atoms with Gasteiger partial charge in [0.05, 0.1) is 12.0 Å². The molecule has 0 aromatic heterocycles. The molecule has 14 heavy (non-hydrogen) atoms. The molecule has 3 heteroatoms. The Kier molecular flexibility index (Phi) is 2.88. The second-order valence-electron chi connectivity index (χ2n) is 4.59. The normalized spacial score (nSPS) is 39.1. The zero-order chi connectivity index (χ0) is 10.1. The number of ketones is 1. The van der Waals surface area contributed by atoms with E-state index in [2.05, 4.69) is 4.90 Å². The summed E-state index contributed by atoms with van der Waals surface area (Å²) < 4.78 is 0. The number of hydrogen-bond acceptors (Lipinski definition) is 3. The summed E-state index contributed by atoms with van der Waals surface area (Å²) in [7, 11) is 0. The van der Waals surface area contributed by atoms with Crippen LogP contribution < -0.4 is 0 Å². The molecule has 0 spiro atoms. The third-order valence-electron chi connectivity index (χ3n) is 3.66. The highest BCUT2D eigenvalue weighted by molar-refractivity contribution is 5.79. The van der Waals surface area contributed by atoms with Crippen molar-refractivity contribution in [3.63, 3.8) is 0 Å². The summed E-state index contributed by atoms with van der Waals surface area (Å²) in [5, 5.41) is 9.92. The van der Waals surface area contributed by atoms with Crippen molar-refractivity contribution in [1.82, 2.24) is 4.90 Å². The van der Waals surface area contributed by atoms with Crippen molar-refractivity contribution in [1.29, 1.82) is 0 Å². The highest BCUT2D eigenvalue weighted by Gasteiger charge is 2.39. The van der Waals surface area contributed by atoms with Crippen molar-refractivity contribution in [3.05, 3.63) is 0 Å². The third-order valence-corrected chi connectivity index (χ3v) is 3.66. The second-order valence-corrected chi connectivity index (χ2v) is 4.59. The summed E-state index contributed by atoms with van der Waals surface area (Å²) in [5.41, 5.74) is 0. The van der Waals surface area contributed by atoms with Crippen molar-refractivity contribution < 1.29 is 9.90 Å². The highest BCUT2D eigenvalue weighted by Crippen LogP contribution is 2.31. The average Bonchev–Trinajstić information content (AvgIpc) is 2.47. The number of rotatable bonds is 1. The van der Waals surface area contributed by atoms with E-state index in [1.165, 1.54) is 6.42 Å². The van der Waals surface area contributed by atoms with Crippen molar-refractivity contribution in [2.24, 2.45) is 5.92 Å². The first kappa shape index (κ1) is 10.1. The first-order chi connectivity index (χ1) is 6.70. The van der Waals surface area contributed by atoms with Gasteiger partial charge in [0.15, 0.2) is 0 Å². The number of fused-ring (bicyclic) bond motifs is 1. The van der Waals surface area contributed by atoms with Crippen LogP contribution in [0.15, 0.2) is 0 Å². The molecule has 2 rings (SSSR count). The minimum atomic E-state index is -0.402. The molecule has 1 N–H and O–H groups in total. The Morgan fingerprint density at radius 2 is 1.93 bits per heavy atom. The Morgan fingerprint density at radius 1 is 1.29 bits per heavy atom. The largest absolute Gasteiger partial charge is 0.392 e. The Labute approximate surface area is 85.1 Å². The van der Waals surface area contributed by atoms with Gasteiger partial charge in [-0.05, 0) is 45.7 Å². The summed E-state index contributed by atoms with van der Waals surface area (Å²) in [6.07, 6.45) is 3.68. The zero-order valence-corrected chi connectivity index (χ0v) is 8.78. The lowest BCUT2D eigenvalue weighted by Gasteiger charge is -2.29. The number of Topliss-reactive ketones (excluding diaryl/α,β-unsaturated/α-hetero) is 1. The molecule has 0 radical (unpaired) electrons. The van der Waals surface area contributed by atoms with Crippen LogP contribution in [0.3, 0.4) is 0 Å². The molecule has 2 aliphatic heterocycles. The highest BCUT2D eigenvalue weighted by atomic mass is 16.3. The smallest absolute Gasteiger partial charge is 0.137 e. The predicted octanol–water partition coefficient (Wildman–Crippen LogP) is 0.811. The van der Waals surface area contributed by atoms with E-state index in [9.17, 15) is 9.90 Å². The maximum absolute atomic E-state index is 11.5. The molecule has 80 valence electrons. The molecule has 2 saturated heterocycles. The van der Waals surface area contributed by atoms with Crippen molar-refractivity contribution in [2.45, 2.75) is 44.8 Å². The average molecular weight is 197 g/mol. The Balaban J connectivity index is 2.18. The number of carbonyl (C=O) groups excluding carboxylic acids is 1. The molecule has 3 atom stereocenters. The minimum absolute atomic E-state index is 0.125. The molecule has 0 aliphatic carbocycles. The number of aliphatic hydroxyl groups excluding tert-OH is 1. The third kappa shape index (κ3) is 1.71. The standard InChI is InChI=1S/C11H19NO2/c1-8(13)11-9-4-2-6-12(9)7-3-5-10(11)14/h9-11,14H,2-7H2,1H3/t9-,10-,11-/m0/s1. The maximum atomic E-state index is 11.5. The van der Waals surface area contributed by atoms with Gasteiger partial charge in [0, 0.05) is 6.04 Å². The van der Waals surface area contributed by atoms with E-state index in [1.54, 1.807) is 6.92 Å². The lowest BCUT2D eigenvalue weighted by atomic mass is 9.88. The van der Waals surface area contributed by atoms with Crippen LogP contribution in [0.5, 0.6) is 0 Å². The molecule has 0 bridgehead atoms. The molecule has 2 heterocycles. The van der Waals surface area contributed by atoms with Crippen molar-refractivity contribution in [2.75, 3.05) is 13.1 Å². The van der Waals surface area contributed by atoms with Gasteiger partial charge in [-0.2, -0.15) is 0 Å². The van der Waals surface area contributed by atoms with E-state index in [4.69, 9.17) is 0 Å². The van der Waals surface area contributed by atoms with E-state index in [1.807, 2.05) is 0 Å². The van der Waals surface area contributed by atoms with Crippen LogP contribution in [0.2, 0.25) is 0 Å². The minimum Gasteiger partial charge on any atom is -0.392 e. The van der Waals surface area contributed by atoms with E-state index in [-0.39, 0.29) is 11.7 Å². The molecular formula is C11H19NO2. The fraction of sp³-hybridized carbons (Fsp3) is 0.909. The maximum Gasteiger partial charge on any atom is 0.137 e. The van der Waals surface area contributed by atoms with Gasteiger partial charge < -0.3 is 5.11 Å². The first-order valence-corrected chi connectivity index (χ1v) is 5.62. The van der Waals surface area contributed by atoms with Crippen LogP contribution in [0.4, 0.5) is 0 Å². The van der Waals surface area contributed by atoms with Crippen LogP contribution in [-0.4, -0.2) is 41.0 Å². The fourth-order valence-corrected chi connectivity index (χ4v) is 3.02. The lowest BCUT2D eigenvalue weighted by molar-refractivity contribution is -0.126. The van der Waals surface area contributed by atoms with Crippen LogP contribution in [0.1, 0.15) is 32.6 Å². The van der Waals surface area contributed by atoms with Crippen molar-refractivity contribution >= 4 is 5.78 Å². The summed E-state index contributed by atoms with van der Waals surface area (Å²) >= 11 is 0. The molecule has 3 nitrogen and oxygen atoms in total. The lowest BCUT2D eigenvalue weighted by Crippen LogP contribution is -2.42. The van der Waals surface area contributed by atoms with E-state index in [0.717, 1.165) is 32.4 Å². The van der Waals surface area contributed by atoms with Crippen LogP contribution in [0.25, 0.3) is 0 Å². The predicted molar refractivity (Wildman–Crippen MR) is 54.0 cm³/mol. The molecule has 0 unspecified atom stereocenters.